The number of benzene rings is 1. The Labute approximate surface area is 149 Å². The molecule has 0 atom stereocenters. The quantitative estimate of drug-likeness (QED) is 0.472. The number of imidazole rings is 1. The summed E-state index contributed by atoms with van der Waals surface area (Å²) >= 11 is 0. The Kier molecular flexibility index (Phi) is 7.57. The van der Waals surface area contributed by atoms with Crippen molar-refractivity contribution < 1.29 is 18.1 Å². The summed E-state index contributed by atoms with van der Waals surface area (Å²) in [6.07, 6.45) is 2.36. The highest BCUT2D eigenvalue weighted by molar-refractivity contribution is 6.60. The molecule has 1 amide bonds. The monoisotopic (exact) mass is 365 g/mol. The molecule has 2 rings (SSSR count). The third kappa shape index (κ3) is 5.37. The van der Waals surface area contributed by atoms with Crippen LogP contribution in [0.25, 0.3) is 11.0 Å². The molecule has 0 unspecified atom stereocenters. The second-order valence-corrected chi connectivity index (χ2v) is 8.21. The number of fused-ring (bicyclic) bond motifs is 1. The van der Waals surface area contributed by atoms with Crippen molar-refractivity contribution in [3.63, 3.8) is 0 Å². The van der Waals surface area contributed by atoms with E-state index in [-0.39, 0.29) is 5.91 Å². The fourth-order valence-corrected chi connectivity index (χ4v) is 5.30. The van der Waals surface area contributed by atoms with Gasteiger partial charge in [-0.15, -0.1) is 0 Å². The number of hydrogen-bond donors (Lipinski definition) is 2. The van der Waals surface area contributed by atoms with E-state index in [0.717, 1.165) is 17.5 Å². The lowest BCUT2D eigenvalue weighted by atomic mass is 10.2. The molecular formula is C17H27N3O4Si. The van der Waals surface area contributed by atoms with Gasteiger partial charge in [-0.2, -0.15) is 0 Å². The summed E-state index contributed by atoms with van der Waals surface area (Å²) in [4.78, 5) is 19.4. The van der Waals surface area contributed by atoms with Crippen LogP contribution in [-0.2, 0) is 13.3 Å². The molecule has 0 bridgehead atoms. The van der Waals surface area contributed by atoms with Crippen LogP contribution < -0.4 is 5.32 Å². The molecule has 25 heavy (non-hydrogen) atoms. The van der Waals surface area contributed by atoms with Gasteiger partial charge in [0.2, 0.25) is 0 Å². The molecular weight excluding hydrogens is 338 g/mol. The Balaban J connectivity index is 1.86. The average molecular weight is 366 g/mol. The van der Waals surface area contributed by atoms with Gasteiger partial charge in [-0.05, 0) is 45.4 Å². The van der Waals surface area contributed by atoms with Crippen molar-refractivity contribution in [3.05, 3.63) is 30.1 Å². The minimum absolute atomic E-state index is 0.104. The molecule has 0 aliphatic rings. The van der Waals surface area contributed by atoms with Gasteiger partial charge in [0.1, 0.15) is 0 Å². The number of amides is 1. The highest BCUT2D eigenvalue weighted by atomic mass is 28.4. The van der Waals surface area contributed by atoms with Crippen molar-refractivity contribution in [2.45, 2.75) is 33.2 Å². The SMILES string of the molecule is CCO[Si](CCCNC(=O)c1ccc2nc[nH]c2c1)(OCC)OCC. The molecule has 2 aromatic rings. The Morgan fingerprint density at radius 3 is 2.48 bits per heavy atom. The van der Waals surface area contributed by atoms with Gasteiger partial charge in [-0.1, -0.05) is 0 Å². The molecule has 0 fully saturated rings. The van der Waals surface area contributed by atoms with E-state index >= 15 is 0 Å². The van der Waals surface area contributed by atoms with Crippen molar-refractivity contribution in [3.8, 4) is 0 Å². The van der Waals surface area contributed by atoms with Gasteiger partial charge >= 0.3 is 8.80 Å². The van der Waals surface area contributed by atoms with Crippen LogP contribution in [0.5, 0.6) is 0 Å². The number of H-pyrrole nitrogens is 1. The third-order valence-electron chi connectivity index (χ3n) is 3.72. The van der Waals surface area contributed by atoms with E-state index in [2.05, 4.69) is 15.3 Å². The molecule has 2 N–H and O–H groups in total. The number of hydrogen-bond acceptors (Lipinski definition) is 5. The Hall–Kier alpha value is -1.74. The number of aromatic amines is 1. The van der Waals surface area contributed by atoms with Gasteiger partial charge in [-0.3, -0.25) is 4.79 Å². The van der Waals surface area contributed by atoms with Crippen LogP contribution in [0.1, 0.15) is 37.6 Å². The molecule has 7 nitrogen and oxygen atoms in total. The van der Waals surface area contributed by atoms with E-state index in [1.807, 2.05) is 26.8 Å². The second kappa shape index (κ2) is 9.67. The molecule has 0 aliphatic heterocycles. The van der Waals surface area contributed by atoms with E-state index in [0.29, 0.717) is 38.0 Å². The van der Waals surface area contributed by atoms with Crippen LogP contribution in [0, 0.1) is 0 Å². The van der Waals surface area contributed by atoms with Crippen LogP contribution >= 0.6 is 0 Å². The highest BCUT2D eigenvalue weighted by Crippen LogP contribution is 2.18. The molecule has 1 aromatic carbocycles. The maximum absolute atomic E-state index is 12.3. The first kappa shape index (κ1) is 19.6. The number of carbonyl (C=O) groups excluding carboxylic acids is 1. The molecule has 0 saturated carbocycles. The van der Waals surface area contributed by atoms with Gasteiger partial charge in [-0.25, -0.2) is 4.98 Å². The lowest BCUT2D eigenvalue weighted by Crippen LogP contribution is -2.46. The zero-order chi connectivity index (χ0) is 18.1. The van der Waals surface area contributed by atoms with E-state index in [9.17, 15) is 4.79 Å². The molecule has 0 radical (unpaired) electrons. The number of nitrogens with one attached hydrogen (secondary N) is 2. The smallest absolute Gasteiger partial charge is 0.374 e. The predicted molar refractivity (Wildman–Crippen MR) is 98.5 cm³/mol. The number of carbonyl (C=O) groups is 1. The number of rotatable bonds is 11. The summed E-state index contributed by atoms with van der Waals surface area (Å²) in [5.74, 6) is -0.104. The first-order valence-corrected chi connectivity index (χ1v) is 10.7. The third-order valence-corrected chi connectivity index (χ3v) is 6.87. The van der Waals surface area contributed by atoms with Crippen LogP contribution in [0.4, 0.5) is 0 Å². The van der Waals surface area contributed by atoms with Crippen molar-refractivity contribution >= 4 is 25.7 Å². The first-order chi connectivity index (χ1) is 12.1. The van der Waals surface area contributed by atoms with Gasteiger partial charge in [0, 0.05) is 38.0 Å². The molecule has 138 valence electrons. The average Bonchev–Trinajstić information content (AvgIpc) is 3.07. The van der Waals surface area contributed by atoms with E-state index in [1.165, 1.54) is 0 Å². The highest BCUT2D eigenvalue weighted by Gasteiger charge is 2.39. The minimum Gasteiger partial charge on any atom is -0.374 e. The summed E-state index contributed by atoms with van der Waals surface area (Å²) in [7, 11) is -2.64. The number of nitrogens with zero attached hydrogens (tertiary/aromatic N) is 1. The number of aromatic nitrogens is 2. The van der Waals surface area contributed by atoms with Gasteiger partial charge in [0.05, 0.1) is 17.4 Å². The van der Waals surface area contributed by atoms with Crippen LogP contribution in [0.15, 0.2) is 24.5 Å². The lowest BCUT2D eigenvalue weighted by Gasteiger charge is -2.28. The largest absolute Gasteiger partial charge is 0.500 e. The van der Waals surface area contributed by atoms with Crippen molar-refractivity contribution in [1.29, 1.82) is 0 Å². The zero-order valence-corrected chi connectivity index (χ0v) is 16.1. The van der Waals surface area contributed by atoms with Crippen molar-refractivity contribution in [2.75, 3.05) is 26.4 Å². The summed E-state index contributed by atoms with van der Waals surface area (Å²) in [6, 6.07) is 6.09. The standard InChI is InChI=1S/C17H27N3O4Si/c1-4-22-25(23-5-2,24-6-3)11-7-10-18-17(21)14-8-9-15-16(12-14)20-13-19-15/h8-9,12-13H,4-7,10-11H2,1-3H3,(H,18,21)(H,19,20). The van der Waals surface area contributed by atoms with E-state index < -0.39 is 8.80 Å². The summed E-state index contributed by atoms with van der Waals surface area (Å²) in [5, 5.41) is 2.94. The summed E-state index contributed by atoms with van der Waals surface area (Å²) in [5.41, 5.74) is 2.31. The molecule has 1 aromatic heterocycles. The first-order valence-electron chi connectivity index (χ1n) is 8.77. The Morgan fingerprint density at radius 1 is 1.16 bits per heavy atom. The lowest BCUT2D eigenvalue weighted by molar-refractivity contribution is 0.0705. The van der Waals surface area contributed by atoms with Gasteiger partial charge in [0.15, 0.2) is 0 Å². The molecule has 0 aliphatic carbocycles. The zero-order valence-electron chi connectivity index (χ0n) is 15.1. The predicted octanol–water partition coefficient (Wildman–Crippen LogP) is 2.73. The topological polar surface area (TPSA) is 85.5 Å². The van der Waals surface area contributed by atoms with Crippen LogP contribution in [0.2, 0.25) is 6.04 Å². The van der Waals surface area contributed by atoms with E-state index in [4.69, 9.17) is 13.3 Å². The molecule has 0 spiro atoms. The normalized spacial score (nSPS) is 11.8. The molecule has 1 heterocycles. The summed E-state index contributed by atoms with van der Waals surface area (Å²) < 4.78 is 17.4. The summed E-state index contributed by atoms with van der Waals surface area (Å²) in [6.45, 7) is 8.03. The van der Waals surface area contributed by atoms with Gasteiger partial charge in [0.25, 0.3) is 5.91 Å². The fourth-order valence-electron chi connectivity index (χ4n) is 2.69. The Bertz CT molecular complexity index is 660. The Morgan fingerprint density at radius 2 is 1.84 bits per heavy atom. The van der Waals surface area contributed by atoms with Crippen LogP contribution in [0.3, 0.4) is 0 Å². The van der Waals surface area contributed by atoms with Crippen molar-refractivity contribution in [2.24, 2.45) is 0 Å². The second-order valence-electron chi connectivity index (χ2n) is 5.48. The molecule has 0 saturated heterocycles. The van der Waals surface area contributed by atoms with Crippen LogP contribution in [-0.4, -0.2) is 51.0 Å². The van der Waals surface area contributed by atoms with Crippen molar-refractivity contribution in [1.82, 2.24) is 15.3 Å². The maximum Gasteiger partial charge on any atom is 0.500 e. The fraction of sp³-hybridized carbons (Fsp3) is 0.529. The van der Waals surface area contributed by atoms with Gasteiger partial charge < -0.3 is 23.6 Å². The minimum atomic E-state index is -2.64. The maximum atomic E-state index is 12.3. The molecule has 8 heteroatoms. The van der Waals surface area contributed by atoms with E-state index in [1.54, 1.807) is 18.5 Å².